The maximum absolute atomic E-state index is 13.7. The van der Waals surface area contributed by atoms with Gasteiger partial charge in [-0.25, -0.2) is 4.39 Å². The maximum Gasteiger partial charge on any atom is 0.246 e. The van der Waals surface area contributed by atoms with Gasteiger partial charge in [-0.15, -0.1) is 0 Å². The molecule has 2 rings (SSSR count). The molecule has 6 heteroatoms. The smallest absolute Gasteiger partial charge is 0.246 e. The Kier molecular flexibility index (Phi) is 5.13. The highest BCUT2D eigenvalue weighted by Crippen LogP contribution is 2.15. The van der Waals surface area contributed by atoms with E-state index in [1.54, 1.807) is 37.2 Å². The molecule has 0 aromatic heterocycles. The van der Waals surface area contributed by atoms with Crippen molar-refractivity contribution in [2.75, 3.05) is 40.8 Å². The molecule has 1 unspecified atom stereocenters. The number of rotatable bonds is 3. The van der Waals surface area contributed by atoms with Crippen molar-refractivity contribution < 1.29 is 14.0 Å². The van der Waals surface area contributed by atoms with Crippen LogP contribution in [0.25, 0.3) is 0 Å². The van der Waals surface area contributed by atoms with Gasteiger partial charge in [0.25, 0.3) is 0 Å². The number of piperazine rings is 1. The fourth-order valence-corrected chi connectivity index (χ4v) is 2.63. The van der Waals surface area contributed by atoms with Gasteiger partial charge in [0.05, 0.1) is 6.42 Å². The SMILES string of the molecule is CN1CCN(C(=O)Cc2ccccc2F)C(C(=O)N(C)C)C1. The molecule has 1 aliphatic rings. The summed E-state index contributed by atoms with van der Waals surface area (Å²) in [6, 6.07) is 5.74. The second-order valence-electron chi connectivity index (χ2n) is 5.87. The average Bonchev–Trinajstić information content (AvgIpc) is 2.48. The summed E-state index contributed by atoms with van der Waals surface area (Å²) in [6.45, 7) is 1.69. The lowest BCUT2D eigenvalue weighted by atomic mass is 10.1. The number of carbonyl (C=O) groups excluding carboxylic acids is 2. The summed E-state index contributed by atoms with van der Waals surface area (Å²) in [7, 11) is 5.28. The molecule has 120 valence electrons. The predicted molar refractivity (Wildman–Crippen MR) is 81.8 cm³/mol. The molecule has 1 atom stereocenters. The number of amides is 2. The highest BCUT2D eigenvalue weighted by atomic mass is 19.1. The summed E-state index contributed by atoms with van der Waals surface area (Å²) >= 11 is 0. The molecule has 1 aromatic rings. The molecule has 0 saturated carbocycles. The van der Waals surface area contributed by atoms with Crippen molar-refractivity contribution in [2.24, 2.45) is 0 Å². The highest BCUT2D eigenvalue weighted by Gasteiger charge is 2.35. The Hall–Kier alpha value is -1.95. The lowest BCUT2D eigenvalue weighted by Crippen LogP contribution is -2.59. The fourth-order valence-electron chi connectivity index (χ4n) is 2.63. The van der Waals surface area contributed by atoms with Crippen molar-refractivity contribution in [1.82, 2.24) is 14.7 Å². The highest BCUT2D eigenvalue weighted by molar-refractivity contribution is 5.88. The van der Waals surface area contributed by atoms with Crippen LogP contribution in [0.4, 0.5) is 4.39 Å². The van der Waals surface area contributed by atoms with Gasteiger partial charge in [0.1, 0.15) is 11.9 Å². The maximum atomic E-state index is 13.7. The normalized spacial score (nSPS) is 19.1. The Bertz CT molecular complexity index is 562. The molecule has 22 heavy (non-hydrogen) atoms. The van der Waals surface area contributed by atoms with Gasteiger partial charge in [-0.3, -0.25) is 9.59 Å². The number of benzene rings is 1. The molecule has 1 aromatic carbocycles. The van der Waals surface area contributed by atoms with E-state index < -0.39 is 6.04 Å². The number of nitrogens with zero attached hydrogens (tertiary/aromatic N) is 3. The summed E-state index contributed by atoms with van der Waals surface area (Å²) in [5, 5.41) is 0. The van der Waals surface area contributed by atoms with Crippen molar-refractivity contribution >= 4 is 11.8 Å². The van der Waals surface area contributed by atoms with Crippen LogP contribution in [0.2, 0.25) is 0 Å². The zero-order chi connectivity index (χ0) is 16.3. The lowest BCUT2D eigenvalue weighted by molar-refractivity contribution is -0.147. The van der Waals surface area contributed by atoms with E-state index in [1.807, 2.05) is 11.9 Å². The third-order valence-corrected chi connectivity index (χ3v) is 3.93. The van der Waals surface area contributed by atoms with Crippen LogP contribution in [-0.2, 0) is 16.0 Å². The number of halogens is 1. The van der Waals surface area contributed by atoms with E-state index in [0.29, 0.717) is 25.2 Å². The van der Waals surface area contributed by atoms with Gasteiger partial charge in [0, 0.05) is 33.7 Å². The van der Waals surface area contributed by atoms with Crippen LogP contribution in [0.5, 0.6) is 0 Å². The van der Waals surface area contributed by atoms with E-state index in [-0.39, 0.29) is 24.1 Å². The second kappa shape index (κ2) is 6.87. The number of hydrogen-bond acceptors (Lipinski definition) is 3. The zero-order valence-electron chi connectivity index (χ0n) is 13.3. The van der Waals surface area contributed by atoms with Crippen LogP contribution < -0.4 is 0 Å². The van der Waals surface area contributed by atoms with Gasteiger partial charge in [-0.2, -0.15) is 0 Å². The Morgan fingerprint density at radius 1 is 1.27 bits per heavy atom. The minimum absolute atomic E-state index is 0.0202. The van der Waals surface area contributed by atoms with Crippen LogP contribution in [-0.4, -0.2) is 73.3 Å². The lowest BCUT2D eigenvalue weighted by Gasteiger charge is -2.40. The minimum atomic E-state index is -0.506. The fraction of sp³-hybridized carbons (Fsp3) is 0.500. The molecule has 1 fully saturated rings. The number of likely N-dealkylation sites (N-methyl/N-ethyl adjacent to an activating group) is 2. The van der Waals surface area contributed by atoms with Gasteiger partial charge < -0.3 is 14.7 Å². The second-order valence-corrected chi connectivity index (χ2v) is 5.87. The van der Waals surface area contributed by atoms with Crippen LogP contribution in [0.3, 0.4) is 0 Å². The molecule has 0 bridgehead atoms. The molecule has 0 N–H and O–H groups in total. The number of carbonyl (C=O) groups is 2. The average molecular weight is 307 g/mol. The Balaban J connectivity index is 2.15. The van der Waals surface area contributed by atoms with E-state index >= 15 is 0 Å². The Morgan fingerprint density at radius 2 is 1.95 bits per heavy atom. The van der Waals surface area contributed by atoms with Crippen molar-refractivity contribution in [3.8, 4) is 0 Å². The molecule has 0 radical (unpaired) electrons. The van der Waals surface area contributed by atoms with Crippen molar-refractivity contribution in [3.63, 3.8) is 0 Å². The summed E-state index contributed by atoms with van der Waals surface area (Å²) in [5.74, 6) is -0.702. The van der Waals surface area contributed by atoms with E-state index in [4.69, 9.17) is 0 Å². The molecule has 1 saturated heterocycles. The van der Waals surface area contributed by atoms with Crippen LogP contribution in [0.1, 0.15) is 5.56 Å². The minimum Gasteiger partial charge on any atom is -0.347 e. The van der Waals surface area contributed by atoms with Gasteiger partial charge in [0.2, 0.25) is 11.8 Å². The van der Waals surface area contributed by atoms with Crippen molar-refractivity contribution in [2.45, 2.75) is 12.5 Å². The van der Waals surface area contributed by atoms with Gasteiger partial charge in [-0.05, 0) is 18.7 Å². The van der Waals surface area contributed by atoms with Crippen molar-refractivity contribution in [3.05, 3.63) is 35.6 Å². The molecule has 5 nitrogen and oxygen atoms in total. The van der Waals surface area contributed by atoms with E-state index in [1.165, 1.54) is 11.0 Å². The third-order valence-electron chi connectivity index (χ3n) is 3.93. The summed E-state index contributed by atoms with van der Waals surface area (Å²) < 4.78 is 13.7. The van der Waals surface area contributed by atoms with Gasteiger partial charge in [-0.1, -0.05) is 18.2 Å². The first-order chi connectivity index (χ1) is 10.4. The third kappa shape index (κ3) is 3.62. The summed E-state index contributed by atoms with van der Waals surface area (Å²) in [6.07, 6.45) is -0.0202. The summed E-state index contributed by atoms with van der Waals surface area (Å²) in [5.41, 5.74) is 0.363. The largest absolute Gasteiger partial charge is 0.347 e. The molecular formula is C16H22FN3O2. The molecule has 2 amide bonds. The zero-order valence-corrected chi connectivity index (χ0v) is 13.3. The van der Waals surface area contributed by atoms with Crippen LogP contribution >= 0.6 is 0 Å². The quantitative estimate of drug-likeness (QED) is 0.821. The Labute approximate surface area is 130 Å². The molecular weight excluding hydrogens is 285 g/mol. The molecule has 0 aliphatic carbocycles. The first-order valence-corrected chi connectivity index (χ1v) is 7.32. The van der Waals surface area contributed by atoms with E-state index in [2.05, 4.69) is 0 Å². The van der Waals surface area contributed by atoms with Crippen molar-refractivity contribution in [1.29, 1.82) is 0 Å². The molecule has 1 heterocycles. The monoisotopic (exact) mass is 307 g/mol. The molecule has 0 spiro atoms. The number of hydrogen-bond donors (Lipinski definition) is 0. The van der Waals surface area contributed by atoms with Gasteiger partial charge >= 0.3 is 0 Å². The first-order valence-electron chi connectivity index (χ1n) is 7.32. The van der Waals surface area contributed by atoms with Gasteiger partial charge in [0.15, 0.2) is 0 Å². The Morgan fingerprint density at radius 3 is 2.59 bits per heavy atom. The van der Waals surface area contributed by atoms with Crippen LogP contribution in [0, 0.1) is 5.82 Å². The van der Waals surface area contributed by atoms with Crippen LogP contribution in [0.15, 0.2) is 24.3 Å². The molecule has 1 aliphatic heterocycles. The standard InChI is InChI=1S/C16H22FN3O2/c1-18(2)16(22)14-11-19(3)8-9-20(14)15(21)10-12-6-4-5-7-13(12)17/h4-7,14H,8-11H2,1-3H3. The van der Waals surface area contributed by atoms with E-state index in [0.717, 1.165) is 0 Å². The first kappa shape index (κ1) is 16.4. The predicted octanol–water partition coefficient (Wildman–Crippen LogP) is 0.599. The summed E-state index contributed by atoms with van der Waals surface area (Å²) in [4.78, 5) is 29.9. The topological polar surface area (TPSA) is 43.9 Å². The van der Waals surface area contributed by atoms with E-state index in [9.17, 15) is 14.0 Å².